The molecule has 2 amide bonds. The number of ether oxygens (including phenoxy) is 1. The molecular weight excluding hydrogens is 444 g/mol. The van der Waals surface area contributed by atoms with Crippen molar-refractivity contribution in [2.45, 2.75) is 62.9 Å². The SMILES string of the molecule is O=C(CC1CCC(NC(=O)OCC2c3ccccc3-c3ccccc32)C1)NC(CC1CC1)C(=O)O. The van der Waals surface area contributed by atoms with Gasteiger partial charge in [-0.05, 0) is 59.8 Å². The van der Waals surface area contributed by atoms with E-state index in [0.29, 0.717) is 18.8 Å². The summed E-state index contributed by atoms with van der Waals surface area (Å²) in [7, 11) is 0. The van der Waals surface area contributed by atoms with Crippen molar-refractivity contribution in [1.82, 2.24) is 10.6 Å². The van der Waals surface area contributed by atoms with Crippen LogP contribution in [0, 0.1) is 11.8 Å². The lowest BCUT2D eigenvalue weighted by Crippen LogP contribution is -2.41. The molecule has 35 heavy (non-hydrogen) atoms. The van der Waals surface area contributed by atoms with E-state index in [2.05, 4.69) is 34.9 Å². The minimum Gasteiger partial charge on any atom is -0.480 e. The van der Waals surface area contributed by atoms with E-state index in [0.717, 1.165) is 25.7 Å². The minimum atomic E-state index is -0.966. The molecule has 184 valence electrons. The minimum absolute atomic E-state index is 0.0194. The highest BCUT2D eigenvalue weighted by molar-refractivity contribution is 5.83. The number of carbonyl (C=O) groups is 3. The summed E-state index contributed by atoms with van der Waals surface area (Å²) in [6, 6.07) is 15.6. The fraction of sp³-hybridized carbons (Fsp3) is 0.464. The first-order chi connectivity index (χ1) is 17.0. The van der Waals surface area contributed by atoms with Crippen molar-refractivity contribution < 1.29 is 24.2 Å². The molecule has 0 heterocycles. The lowest BCUT2D eigenvalue weighted by molar-refractivity contribution is -0.142. The molecule has 5 rings (SSSR count). The molecule has 3 atom stereocenters. The topological polar surface area (TPSA) is 105 Å². The molecule has 2 fully saturated rings. The van der Waals surface area contributed by atoms with Crippen molar-refractivity contribution in [2.75, 3.05) is 6.61 Å². The van der Waals surface area contributed by atoms with Gasteiger partial charge in [0.2, 0.25) is 5.91 Å². The second-order valence-electron chi connectivity index (χ2n) is 10.2. The Labute approximate surface area is 205 Å². The van der Waals surface area contributed by atoms with Crippen LogP contribution in [-0.2, 0) is 14.3 Å². The maximum Gasteiger partial charge on any atom is 0.407 e. The van der Waals surface area contributed by atoms with Crippen LogP contribution in [0.3, 0.4) is 0 Å². The number of benzene rings is 2. The predicted octanol–water partition coefficient (Wildman–Crippen LogP) is 4.45. The zero-order valence-corrected chi connectivity index (χ0v) is 19.7. The Morgan fingerprint density at radius 3 is 2.17 bits per heavy atom. The molecule has 0 aromatic heterocycles. The highest BCUT2D eigenvalue weighted by atomic mass is 16.5. The van der Waals surface area contributed by atoms with Gasteiger partial charge in [-0.3, -0.25) is 4.79 Å². The molecule has 2 aromatic rings. The van der Waals surface area contributed by atoms with Crippen LogP contribution in [0.15, 0.2) is 48.5 Å². The molecule has 2 aromatic carbocycles. The standard InChI is InChI=1S/C28H32N2O5/c31-26(30-25(27(32)33)14-17-9-10-17)15-18-11-12-19(13-18)29-28(34)35-16-24-22-7-3-1-5-20(22)21-6-2-4-8-23(21)24/h1-8,17-19,24-25H,9-16H2,(H,29,34)(H,30,31)(H,32,33). The molecule has 3 aliphatic rings. The normalized spacial score (nSPS) is 21.6. The second-order valence-corrected chi connectivity index (χ2v) is 10.2. The lowest BCUT2D eigenvalue weighted by Gasteiger charge is -2.18. The second kappa shape index (κ2) is 10.1. The van der Waals surface area contributed by atoms with Gasteiger partial charge < -0.3 is 20.5 Å². The highest BCUT2D eigenvalue weighted by Gasteiger charge is 2.33. The molecule has 7 nitrogen and oxygen atoms in total. The summed E-state index contributed by atoms with van der Waals surface area (Å²) >= 11 is 0. The van der Waals surface area contributed by atoms with Crippen LogP contribution in [0.25, 0.3) is 11.1 Å². The first kappa shape index (κ1) is 23.4. The number of fused-ring (bicyclic) bond motifs is 3. The third-order valence-corrected chi connectivity index (χ3v) is 7.58. The Balaban J connectivity index is 1.08. The van der Waals surface area contributed by atoms with Gasteiger partial charge in [0.05, 0.1) is 0 Å². The summed E-state index contributed by atoms with van der Waals surface area (Å²) in [4.78, 5) is 36.4. The monoisotopic (exact) mass is 476 g/mol. The fourth-order valence-corrected chi connectivity index (χ4v) is 5.62. The van der Waals surface area contributed by atoms with Gasteiger partial charge >= 0.3 is 12.1 Å². The molecule has 3 aliphatic carbocycles. The van der Waals surface area contributed by atoms with Crippen LogP contribution >= 0.6 is 0 Å². The van der Waals surface area contributed by atoms with E-state index in [1.165, 1.54) is 22.3 Å². The number of rotatable bonds is 9. The summed E-state index contributed by atoms with van der Waals surface area (Å²) in [6.45, 7) is 0.274. The number of hydrogen-bond donors (Lipinski definition) is 3. The van der Waals surface area contributed by atoms with Gasteiger partial charge in [0.15, 0.2) is 0 Å². The van der Waals surface area contributed by atoms with Crippen LogP contribution in [-0.4, -0.2) is 41.8 Å². The zero-order valence-electron chi connectivity index (χ0n) is 19.7. The van der Waals surface area contributed by atoms with Gasteiger partial charge in [0, 0.05) is 18.4 Å². The van der Waals surface area contributed by atoms with E-state index in [1.54, 1.807) is 0 Å². The lowest BCUT2D eigenvalue weighted by atomic mass is 9.98. The van der Waals surface area contributed by atoms with Crippen molar-refractivity contribution >= 4 is 18.0 Å². The Hall–Kier alpha value is -3.35. The van der Waals surface area contributed by atoms with E-state index in [9.17, 15) is 19.5 Å². The number of amides is 2. The van der Waals surface area contributed by atoms with Crippen LogP contribution in [0.5, 0.6) is 0 Å². The number of nitrogens with one attached hydrogen (secondary N) is 2. The van der Waals surface area contributed by atoms with Gasteiger partial charge in [0.1, 0.15) is 12.6 Å². The number of aliphatic carboxylic acids is 1. The van der Waals surface area contributed by atoms with Crippen LogP contribution in [0.1, 0.15) is 62.0 Å². The molecule has 0 bridgehead atoms. The van der Waals surface area contributed by atoms with E-state index in [4.69, 9.17) is 4.74 Å². The van der Waals surface area contributed by atoms with Crippen LogP contribution in [0.2, 0.25) is 0 Å². The van der Waals surface area contributed by atoms with Gasteiger partial charge in [-0.25, -0.2) is 9.59 Å². The van der Waals surface area contributed by atoms with E-state index < -0.39 is 18.1 Å². The summed E-state index contributed by atoms with van der Waals surface area (Å²) < 4.78 is 5.65. The van der Waals surface area contributed by atoms with Crippen molar-refractivity contribution in [3.8, 4) is 11.1 Å². The number of carbonyl (C=O) groups excluding carboxylic acids is 2. The molecule has 0 saturated heterocycles. The van der Waals surface area contributed by atoms with E-state index >= 15 is 0 Å². The highest BCUT2D eigenvalue weighted by Crippen LogP contribution is 2.44. The van der Waals surface area contributed by atoms with Crippen molar-refractivity contribution in [1.29, 1.82) is 0 Å². The third kappa shape index (κ3) is 5.50. The number of alkyl carbamates (subject to hydrolysis) is 1. The Morgan fingerprint density at radius 1 is 0.914 bits per heavy atom. The summed E-state index contributed by atoms with van der Waals surface area (Å²) in [5.74, 6) is -0.611. The quantitative estimate of drug-likeness (QED) is 0.496. The molecule has 0 aliphatic heterocycles. The van der Waals surface area contributed by atoms with Gasteiger partial charge in [0.25, 0.3) is 0 Å². The number of carboxylic acids is 1. The van der Waals surface area contributed by atoms with Crippen LogP contribution < -0.4 is 10.6 Å². The van der Waals surface area contributed by atoms with Gasteiger partial charge in [-0.2, -0.15) is 0 Å². The van der Waals surface area contributed by atoms with Crippen molar-refractivity contribution in [2.24, 2.45) is 11.8 Å². The Kier molecular flexibility index (Phi) is 6.75. The van der Waals surface area contributed by atoms with E-state index in [1.807, 2.05) is 24.3 Å². The smallest absolute Gasteiger partial charge is 0.407 e. The molecule has 2 saturated carbocycles. The number of carboxylic acid groups (broad SMARTS) is 1. The largest absolute Gasteiger partial charge is 0.480 e. The summed E-state index contributed by atoms with van der Waals surface area (Å²) in [5, 5.41) is 15.0. The Bertz CT molecular complexity index is 1070. The molecular formula is C28H32N2O5. The number of hydrogen-bond acceptors (Lipinski definition) is 4. The maximum atomic E-state index is 12.6. The van der Waals surface area contributed by atoms with Crippen LogP contribution in [0.4, 0.5) is 4.79 Å². The van der Waals surface area contributed by atoms with Gasteiger partial charge in [-0.1, -0.05) is 61.4 Å². The molecule has 7 heteroatoms. The molecule has 3 N–H and O–H groups in total. The fourth-order valence-electron chi connectivity index (χ4n) is 5.62. The van der Waals surface area contributed by atoms with Crippen molar-refractivity contribution in [3.05, 3.63) is 59.7 Å². The summed E-state index contributed by atoms with van der Waals surface area (Å²) in [5.41, 5.74) is 4.73. The predicted molar refractivity (Wildman–Crippen MR) is 131 cm³/mol. The average Bonchev–Trinajstić information content (AvgIpc) is 3.47. The van der Waals surface area contributed by atoms with Gasteiger partial charge in [-0.15, -0.1) is 0 Å². The maximum absolute atomic E-state index is 12.6. The Morgan fingerprint density at radius 2 is 1.54 bits per heavy atom. The zero-order chi connectivity index (χ0) is 24.4. The van der Waals surface area contributed by atoms with Crippen molar-refractivity contribution in [3.63, 3.8) is 0 Å². The first-order valence-corrected chi connectivity index (χ1v) is 12.6. The average molecular weight is 477 g/mol. The van der Waals surface area contributed by atoms with E-state index in [-0.39, 0.29) is 36.8 Å². The molecule has 0 spiro atoms. The summed E-state index contributed by atoms with van der Waals surface area (Å²) in [6.07, 6.45) is 4.76. The first-order valence-electron chi connectivity index (χ1n) is 12.6. The molecule has 0 radical (unpaired) electrons. The molecule has 3 unspecified atom stereocenters. The third-order valence-electron chi connectivity index (χ3n) is 7.58.